The van der Waals surface area contributed by atoms with Gasteiger partial charge in [0.2, 0.25) is 11.7 Å². The normalized spacial score (nSPS) is 18.7. The van der Waals surface area contributed by atoms with Gasteiger partial charge in [-0.1, -0.05) is 6.92 Å². The van der Waals surface area contributed by atoms with Crippen LogP contribution in [0.15, 0.2) is 12.1 Å². The van der Waals surface area contributed by atoms with Crippen LogP contribution in [0.3, 0.4) is 0 Å². The molecule has 2 rings (SSSR count). The monoisotopic (exact) mass is 421 g/mol. The van der Waals surface area contributed by atoms with Crippen LogP contribution in [0.5, 0.6) is 17.2 Å². The molecule has 0 spiro atoms. The molecule has 0 aliphatic carbocycles. The first-order chi connectivity index (χ1) is 14.1. The zero-order valence-electron chi connectivity index (χ0n) is 19.1. The quantitative estimate of drug-likeness (QED) is 0.707. The third-order valence-electron chi connectivity index (χ3n) is 5.09. The molecule has 3 amide bonds. The molecule has 2 N–H and O–H groups in total. The van der Waals surface area contributed by atoms with E-state index in [2.05, 4.69) is 10.6 Å². The van der Waals surface area contributed by atoms with Gasteiger partial charge < -0.3 is 29.7 Å². The highest BCUT2D eigenvalue weighted by atomic mass is 16.5. The number of carbonyl (C=O) groups is 2. The standard InChI is InChI=1S/C22H35N3O5/c1-8-9-23-20(26)16-13-25(21(27)24-22(2,3)4)12-15(16)14-10-17(28-5)19(30-7)18(11-14)29-6/h10-11,15-16H,8-9,12-13H2,1-7H3,(H,23,26)(H,24,27)/t15-,16-/m0/s1. The molecule has 30 heavy (non-hydrogen) atoms. The second-order valence-corrected chi connectivity index (χ2v) is 8.55. The van der Waals surface area contributed by atoms with Crippen LogP contribution < -0.4 is 24.8 Å². The molecular formula is C22H35N3O5. The highest BCUT2D eigenvalue weighted by Crippen LogP contribution is 2.43. The summed E-state index contributed by atoms with van der Waals surface area (Å²) >= 11 is 0. The van der Waals surface area contributed by atoms with Gasteiger partial charge in [-0.05, 0) is 44.9 Å². The fraction of sp³-hybridized carbons (Fsp3) is 0.636. The van der Waals surface area contributed by atoms with Crippen molar-refractivity contribution in [3.63, 3.8) is 0 Å². The number of benzene rings is 1. The van der Waals surface area contributed by atoms with Gasteiger partial charge in [0.15, 0.2) is 11.5 Å². The molecule has 0 radical (unpaired) electrons. The minimum atomic E-state index is -0.370. The van der Waals surface area contributed by atoms with Gasteiger partial charge in [0.05, 0.1) is 27.2 Å². The lowest BCUT2D eigenvalue weighted by molar-refractivity contribution is -0.124. The second-order valence-electron chi connectivity index (χ2n) is 8.55. The van der Waals surface area contributed by atoms with Crippen LogP contribution in [0.1, 0.15) is 45.6 Å². The Morgan fingerprint density at radius 1 is 1.07 bits per heavy atom. The third kappa shape index (κ3) is 5.49. The maximum Gasteiger partial charge on any atom is 0.317 e. The molecular weight excluding hydrogens is 386 g/mol. The number of methoxy groups -OCH3 is 3. The highest BCUT2D eigenvalue weighted by Gasteiger charge is 2.41. The van der Waals surface area contributed by atoms with Crippen molar-refractivity contribution in [3.8, 4) is 17.2 Å². The van der Waals surface area contributed by atoms with E-state index in [0.29, 0.717) is 36.9 Å². The molecule has 0 unspecified atom stereocenters. The SMILES string of the molecule is CCCNC(=O)[C@H]1CN(C(=O)NC(C)(C)C)C[C@H]1c1cc(OC)c(OC)c(OC)c1. The highest BCUT2D eigenvalue weighted by molar-refractivity contribution is 5.83. The summed E-state index contributed by atoms with van der Waals surface area (Å²) < 4.78 is 16.4. The van der Waals surface area contributed by atoms with Crippen molar-refractivity contribution in [1.82, 2.24) is 15.5 Å². The molecule has 0 aromatic heterocycles. The molecule has 0 saturated carbocycles. The third-order valence-corrected chi connectivity index (χ3v) is 5.09. The van der Waals surface area contributed by atoms with Gasteiger partial charge in [0.1, 0.15) is 0 Å². The number of amides is 3. The Labute approximate surface area is 179 Å². The Morgan fingerprint density at radius 2 is 1.67 bits per heavy atom. The van der Waals surface area contributed by atoms with Gasteiger partial charge in [0, 0.05) is 31.1 Å². The maximum absolute atomic E-state index is 12.9. The van der Waals surface area contributed by atoms with Gasteiger partial charge in [-0.25, -0.2) is 4.79 Å². The van der Waals surface area contributed by atoms with Gasteiger partial charge in [-0.15, -0.1) is 0 Å². The first kappa shape index (κ1) is 23.6. The molecule has 1 saturated heterocycles. The summed E-state index contributed by atoms with van der Waals surface area (Å²) in [5.74, 6) is 0.929. The number of hydrogen-bond acceptors (Lipinski definition) is 5. The molecule has 1 aliphatic heterocycles. The predicted molar refractivity (Wildman–Crippen MR) is 115 cm³/mol. The summed E-state index contributed by atoms with van der Waals surface area (Å²) in [7, 11) is 4.67. The van der Waals surface area contributed by atoms with Crippen LogP contribution in [0, 0.1) is 5.92 Å². The molecule has 1 aliphatic rings. The molecule has 1 heterocycles. The summed E-state index contributed by atoms with van der Waals surface area (Å²) in [5, 5.41) is 5.96. The van der Waals surface area contributed by atoms with Crippen molar-refractivity contribution < 1.29 is 23.8 Å². The Balaban J connectivity index is 2.40. The summed E-state index contributed by atoms with van der Waals surface area (Å²) in [6.07, 6.45) is 0.849. The maximum atomic E-state index is 12.9. The van der Waals surface area contributed by atoms with E-state index < -0.39 is 0 Å². The smallest absolute Gasteiger partial charge is 0.317 e. The second kappa shape index (κ2) is 9.91. The van der Waals surface area contributed by atoms with E-state index in [9.17, 15) is 9.59 Å². The van der Waals surface area contributed by atoms with Crippen LogP contribution >= 0.6 is 0 Å². The van der Waals surface area contributed by atoms with E-state index >= 15 is 0 Å². The number of rotatable bonds is 7. The molecule has 8 nitrogen and oxygen atoms in total. The van der Waals surface area contributed by atoms with E-state index in [1.165, 1.54) is 0 Å². The lowest BCUT2D eigenvalue weighted by Gasteiger charge is -2.25. The first-order valence-electron chi connectivity index (χ1n) is 10.3. The van der Waals surface area contributed by atoms with Crippen LogP contribution in [0.4, 0.5) is 4.79 Å². The summed E-state index contributed by atoms with van der Waals surface area (Å²) in [5.41, 5.74) is 0.508. The molecule has 2 atom stereocenters. The van der Waals surface area contributed by atoms with Gasteiger partial charge in [-0.2, -0.15) is 0 Å². The fourth-order valence-corrected chi connectivity index (χ4v) is 3.67. The van der Waals surface area contributed by atoms with Crippen molar-refractivity contribution in [2.24, 2.45) is 5.92 Å². The molecule has 1 fully saturated rings. The van der Waals surface area contributed by atoms with Crippen molar-refractivity contribution in [2.75, 3.05) is 41.0 Å². The Hall–Kier alpha value is -2.64. The van der Waals surface area contributed by atoms with E-state index in [-0.39, 0.29) is 29.3 Å². The first-order valence-corrected chi connectivity index (χ1v) is 10.3. The van der Waals surface area contributed by atoms with Crippen molar-refractivity contribution in [3.05, 3.63) is 17.7 Å². The largest absolute Gasteiger partial charge is 0.493 e. The fourth-order valence-electron chi connectivity index (χ4n) is 3.67. The van der Waals surface area contributed by atoms with Gasteiger partial charge >= 0.3 is 6.03 Å². The van der Waals surface area contributed by atoms with E-state index in [1.54, 1.807) is 26.2 Å². The Kier molecular flexibility index (Phi) is 7.81. The van der Waals surface area contributed by atoms with Crippen LogP contribution in [0.25, 0.3) is 0 Å². The Morgan fingerprint density at radius 3 is 2.13 bits per heavy atom. The van der Waals surface area contributed by atoms with E-state index in [0.717, 1.165) is 12.0 Å². The lowest BCUT2D eigenvalue weighted by Crippen LogP contribution is -2.48. The minimum absolute atomic E-state index is 0.0540. The number of nitrogens with zero attached hydrogens (tertiary/aromatic N) is 1. The summed E-state index contributed by atoms with van der Waals surface area (Å²) in [6, 6.07) is 3.54. The molecule has 1 aromatic carbocycles. The summed E-state index contributed by atoms with van der Waals surface area (Å²) in [6.45, 7) is 9.18. The molecule has 1 aromatic rings. The van der Waals surface area contributed by atoms with E-state index in [1.807, 2.05) is 39.8 Å². The topological polar surface area (TPSA) is 89.1 Å². The predicted octanol–water partition coefficient (Wildman–Crippen LogP) is 2.76. The summed E-state index contributed by atoms with van der Waals surface area (Å²) in [4.78, 5) is 27.4. The average molecular weight is 422 g/mol. The van der Waals surface area contributed by atoms with Crippen molar-refractivity contribution in [1.29, 1.82) is 0 Å². The number of carbonyl (C=O) groups excluding carboxylic acids is 2. The average Bonchev–Trinajstić information content (AvgIpc) is 3.15. The molecule has 0 bridgehead atoms. The van der Waals surface area contributed by atoms with Gasteiger partial charge in [-0.3, -0.25) is 4.79 Å². The zero-order valence-corrected chi connectivity index (χ0v) is 19.1. The number of urea groups is 1. The van der Waals surface area contributed by atoms with Gasteiger partial charge in [0.25, 0.3) is 0 Å². The van der Waals surface area contributed by atoms with Crippen LogP contribution in [-0.4, -0.2) is 63.3 Å². The van der Waals surface area contributed by atoms with E-state index in [4.69, 9.17) is 14.2 Å². The minimum Gasteiger partial charge on any atom is -0.493 e. The number of ether oxygens (including phenoxy) is 3. The molecule has 8 heteroatoms. The van der Waals surface area contributed by atoms with Crippen LogP contribution in [-0.2, 0) is 4.79 Å². The van der Waals surface area contributed by atoms with Crippen molar-refractivity contribution in [2.45, 2.75) is 45.6 Å². The number of hydrogen-bond donors (Lipinski definition) is 2. The Bertz CT molecular complexity index is 735. The molecule has 168 valence electrons. The number of nitrogens with one attached hydrogen (secondary N) is 2. The number of likely N-dealkylation sites (tertiary alicyclic amines) is 1. The lowest BCUT2D eigenvalue weighted by atomic mass is 9.88. The van der Waals surface area contributed by atoms with Crippen LogP contribution in [0.2, 0.25) is 0 Å². The van der Waals surface area contributed by atoms with Crippen molar-refractivity contribution >= 4 is 11.9 Å². The zero-order chi connectivity index (χ0) is 22.5.